The molecule has 0 radical (unpaired) electrons. The zero-order chi connectivity index (χ0) is 16.7. The second-order valence-corrected chi connectivity index (χ2v) is 7.19. The molecule has 2 aromatic rings. The number of hydrogen-bond acceptors (Lipinski definition) is 4. The van der Waals surface area contributed by atoms with E-state index in [4.69, 9.17) is 23.2 Å². The number of hydrazine groups is 1. The lowest BCUT2D eigenvalue weighted by Gasteiger charge is -2.13. The predicted octanol–water partition coefficient (Wildman–Crippen LogP) is 4.16. The minimum atomic E-state index is -0.301. The van der Waals surface area contributed by atoms with E-state index in [-0.39, 0.29) is 11.4 Å². The molecule has 1 unspecified atom stereocenters. The van der Waals surface area contributed by atoms with Gasteiger partial charge in [-0.1, -0.05) is 71.4 Å². The van der Waals surface area contributed by atoms with Crippen molar-refractivity contribution in [3.8, 4) is 0 Å². The monoisotopic (exact) mass is 375 g/mol. The van der Waals surface area contributed by atoms with Crippen molar-refractivity contribution in [1.29, 1.82) is 0 Å². The highest BCUT2D eigenvalue weighted by molar-refractivity contribution is 8.05. The van der Waals surface area contributed by atoms with Crippen molar-refractivity contribution in [3.05, 3.63) is 74.6 Å². The Morgan fingerprint density at radius 1 is 1.17 bits per heavy atom. The molecule has 2 aromatic carbocycles. The fraction of sp³-hybridized carbons (Fsp3) is 0.0588. The fourth-order valence-corrected chi connectivity index (χ4v) is 3.97. The summed E-state index contributed by atoms with van der Waals surface area (Å²) in [6.45, 7) is 0. The first-order valence-corrected chi connectivity index (χ1v) is 8.82. The van der Waals surface area contributed by atoms with Gasteiger partial charge in [-0.05, 0) is 23.8 Å². The molecule has 1 N–H and O–H groups in total. The minimum absolute atomic E-state index is 0.120. The third-order valence-corrected chi connectivity index (χ3v) is 5.28. The highest BCUT2D eigenvalue weighted by atomic mass is 35.5. The van der Waals surface area contributed by atoms with Crippen LogP contribution in [-0.4, -0.2) is 22.2 Å². The Hall–Kier alpha value is -1.95. The van der Waals surface area contributed by atoms with Gasteiger partial charge in [0.25, 0.3) is 5.91 Å². The highest BCUT2D eigenvalue weighted by Crippen LogP contribution is 2.39. The Morgan fingerprint density at radius 3 is 2.67 bits per heavy atom. The smallest absolute Gasteiger partial charge is 0.276 e. The van der Waals surface area contributed by atoms with Crippen molar-refractivity contribution in [2.75, 3.05) is 0 Å². The summed E-state index contributed by atoms with van der Waals surface area (Å²) in [5.74, 6) is 0.579. The van der Waals surface area contributed by atoms with Crippen LogP contribution in [0.3, 0.4) is 0 Å². The molecule has 1 fully saturated rings. The van der Waals surface area contributed by atoms with Crippen LogP contribution in [0.2, 0.25) is 10.0 Å². The molecule has 4 nitrogen and oxygen atoms in total. The molecule has 0 aromatic heterocycles. The maximum absolute atomic E-state index is 12.6. The number of hydrogen-bond donors (Lipinski definition) is 1. The number of benzene rings is 2. The first kappa shape index (κ1) is 15.6. The standard InChI is InChI=1S/C17H11Cl2N3OS/c18-12-7-6-11(13(19)9-12)8-14-16(23)22-17(24-14)20-15(21-22)10-4-2-1-3-5-10/h1-9,17H,(H,20,21). The number of thioether (sulfide) groups is 1. The summed E-state index contributed by atoms with van der Waals surface area (Å²) in [7, 11) is 0. The van der Waals surface area contributed by atoms with E-state index in [0.717, 1.165) is 11.1 Å². The lowest BCUT2D eigenvalue weighted by molar-refractivity contribution is -0.127. The molecule has 2 aliphatic rings. The second-order valence-electron chi connectivity index (χ2n) is 5.25. The van der Waals surface area contributed by atoms with Crippen molar-refractivity contribution in [2.45, 2.75) is 5.50 Å². The van der Waals surface area contributed by atoms with Crippen LogP contribution < -0.4 is 5.43 Å². The molecule has 0 aliphatic carbocycles. The Labute approximate surface area is 153 Å². The third-order valence-electron chi connectivity index (χ3n) is 3.65. The van der Waals surface area contributed by atoms with Gasteiger partial charge in [-0.15, -0.1) is 0 Å². The van der Waals surface area contributed by atoms with Crippen LogP contribution in [0.25, 0.3) is 6.08 Å². The Morgan fingerprint density at radius 2 is 1.96 bits per heavy atom. The molecule has 0 bridgehead atoms. The number of halogens is 2. The van der Waals surface area contributed by atoms with E-state index in [2.05, 4.69) is 10.4 Å². The molecule has 0 spiro atoms. The van der Waals surface area contributed by atoms with Gasteiger partial charge in [0, 0.05) is 15.6 Å². The topological polar surface area (TPSA) is 44.7 Å². The third kappa shape index (κ3) is 2.79. The van der Waals surface area contributed by atoms with E-state index in [0.29, 0.717) is 20.8 Å². The van der Waals surface area contributed by atoms with Crippen LogP contribution in [0.1, 0.15) is 11.1 Å². The van der Waals surface area contributed by atoms with Gasteiger partial charge in [0.15, 0.2) is 5.50 Å². The molecule has 0 saturated carbocycles. The number of amides is 1. The number of nitrogens with one attached hydrogen (secondary N) is 1. The SMILES string of the molecule is O=C1C(=Cc2ccc(Cl)cc2Cl)SC2N=C(c3ccccc3)NN12. The molecule has 1 amide bonds. The summed E-state index contributed by atoms with van der Waals surface area (Å²) < 4.78 is 0. The van der Waals surface area contributed by atoms with E-state index < -0.39 is 0 Å². The first-order valence-electron chi connectivity index (χ1n) is 7.19. The van der Waals surface area contributed by atoms with Crippen molar-refractivity contribution in [1.82, 2.24) is 10.4 Å². The summed E-state index contributed by atoms with van der Waals surface area (Å²) in [5, 5.41) is 2.60. The number of fused-ring (bicyclic) bond motifs is 1. The summed E-state index contributed by atoms with van der Waals surface area (Å²) in [6.07, 6.45) is 1.77. The molecule has 1 saturated heterocycles. The van der Waals surface area contributed by atoms with Crippen LogP contribution in [0.5, 0.6) is 0 Å². The van der Waals surface area contributed by atoms with E-state index in [1.54, 1.807) is 24.3 Å². The maximum Gasteiger partial charge on any atom is 0.281 e. The van der Waals surface area contributed by atoms with Crippen LogP contribution >= 0.6 is 35.0 Å². The van der Waals surface area contributed by atoms with Crippen LogP contribution in [0.15, 0.2) is 58.4 Å². The number of carbonyl (C=O) groups excluding carboxylic acids is 1. The largest absolute Gasteiger partial charge is 0.281 e. The van der Waals surface area contributed by atoms with Gasteiger partial charge in [0.2, 0.25) is 0 Å². The number of aliphatic imine (C=N–C) groups is 1. The van der Waals surface area contributed by atoms with E-state index >= 15 is 0 Å². The minimum Gasteiger partial charge on any atom is -0.276 e. The number of amidine groups is 1. The molecular weight excluding hydrogens is 365 g/mol. The molecule has 1 atom stereocenters. The van der Waals surface area contributed by atoms with Gasteiger partial charge in [-0.2, -0.15) is 0 Å². The molecule has 7 heteroatoms. The van der Waals surface area contributed by atoms with Crippen LogP contribution in [0, 0.1) is 0 Å². The highest BCUT2D eigenvalue weighted by Gasteiger charge is 2.41. The zero-order valence-corrected chi connectivity index (χ0v) is 14.6. The van der Waals surface area contributed by atoms with Gasteiger partial charge in [-0.3, -0.25) is 10.2 Å². The van der Waals surface area contributed by atoms with E-state index in [1.807, 2.05) is 30.3 Å². The van der Waals surface area contributed by atoms with Crippen LogP contribution in [-0.2, 0) is 4.79 Å². The zero-order valence-electron chi connectivity index (χ0n) is 12.2. The normalized spacial score (nSPS) is 21.0. The Kier molecular flexibility index (Phi) is 4.00. The summed E-state index contributed by atoms with van der Waals surface area (Å²) in [4.78, 5) is 17.7. The lowest BCUT2D eigenvalue weighted by atomic mass is 10.2. The number of carbonyl (C=O) groups is 1. The Balaban J connectivity index is 1.60. The molecule has 2 aliphatic heterocycles. The first-order chi connectivity index (χ1) is 11.6. The van der Waals surface area contributed by atoms with Gasteiger partial charge in [0.05, 0.1) is 4.91 Å². The van der Waals surface area contributed by atoms with Gasteiger partial charge in [-0.25, -0.2) is 10.0 Å². The van der Waals surface area contributed by atoms with Crippen molar-refractivity contribution < 1.29 is 4.79 Å². The molecular formula is C17H11Cl2N3OS. The van der Waals surface area contributed by atoms with Gasteiger partial charge in [0.1, 0.15) is 5.84 Å². The Bertz CT molecular complexity index is 883. The predicted molar refractivity (Wildman–Crippen MR) is 98.8 cm³/mol. The van der Waals surface area contributed by atoms with E-state index in [9.17, 15) is 4.79 Å². The van der Waals surface area contributed by atoms with Gasteiger partial charge < -0.3 is 0 Å². The quantitative estimate of drug-likeness (QED) is 0.801. The maximum atomic E-state index is 12.6. The summed E-state index contributed by atoms with van der Waals surface area (Å²) in [5.41, 5.74) is 4.48. The average molecular weight is 376 g/mol. The molecule has 120 valence electrons. The lowest BCUT2D eigenvalue weighted by Crippen LogP contribution is -2.40. The summed E-state index contributed by atoms with van der Waals surface area (Å²) in [6, 6.07) is 14.9. The second kappa shape index (κ2) is 6.16. The molecule has 24 heavy (non-hydrogen) atoms. The van der Waals surface area contributed by atoms with Crippen molar-refractivity contribution in [3.63, 3.8) is 0 Å². The van der Waals surface area contributed by atoms with Crippen LogP contribution in [0.4, 0.5) is 0 Å². The van der Waals surface area contributed by atoms with Crippen molar-refractivity contribution >= 4 is 52.8 Å². The number of rotatable bonds is 2. The van der Waals surface area contributed by atoms with Gasteiger partial charge >= 0.3 is 0 Å². The van der Waals surface area contributed by atoms with Crippen molar-refractivity contribution in [2.24, 2.45) is 4.99 Å². The fourth-order valence-electron chi connectivity index (χ4n) is 2.47. The average Bonchev–Trinajstić information content (AvgIpc) is 3.11. The summed E-state index contributed by atoms with van der Waals surface area (Å²) >= 11 is 13.5. The molecule has 4 rings (SSSR count). The molecule has 2 heterocycles. The van der Waals surface area contributed by atoms with E-state index in [1.165, 1.54) is 16.8 Å². The number of nitrogens with zero attached hydrogens (tertiary/aromatic N) is 2.